The molecular formula is C18H21FN4O. The third-order valence-corrected chi connectivity index (χ3v) is 4.51. The number of benzene rings is 1. The highest BCUT2D eigenvalue weighted by Gasteiger charge is 2.30. The first-order valence-electron chi connectivity index (χ1n) is 7.76. The first-order chi connectivity index (χ1) is 11.5. The summed E-state index contributed by atoms with van der Waals surface area (Å²) in [5.74, 6) is -0.540. The lowest BCUT2D eigenvalue weighted by atomic mass is 9.98. The molecule has 0 aliphatic carbocycles. The van der Waals surface area contributed by atoms with Crippen molar-refractivity contribution >= 4 is 23.7 Å². The van der Waals surface area contributed by atoms with Crippen molar-refractivity contribution in [3.63, 3.8) is 0 Å². The van der Waals surface area contributed by atoms with Crippen molar-refractivity contribution in [1.29, 1.82) is 0 Å². The number of aromatic nitrogens is 2. The molecular weight excluding hydrogens is 307 g/mol. The summed E-state index contributed by atoms with van der Waals surface area (Å²) in [5, 5.41) is 0. The van der Waals surface area contributed by atoms with Gasteiger partial charge in [0.25, 0.3) is 5.91 Å². The van der Waals surface area contributed by atoms with Crippen LogP contribution in [0, 0.1) is 12.7 Å². The molecule has 0 saturated carbocycles. The molecule has 0 radical (unpaired) electrons. The second-order valence-corrected chi connectivity index (χ2v) is 5.86. The second-order valence-electron chi connectivity index (χ2n) is 5.86. The maximum atomic E-state index is 13.9. The van der Waals surface area contributed by atoms with Crippen LogP contribution >= 0.6 is 0 Å². The Balaban J connectivity index is 0.00000225. The molecule has 1 aromatic heterocycles. The first kappa shape index (κ1) is 16.1. The largest absolute Gasteiger partial charge is 0.331 e. The van der Waals surface area contributed by atoms with Crippen LogP contribution in [0.25, 0.3) is 11.0 Å². The highest BCUT2D eigenvalue weighted by Crippen LogP contribution is 2.27. The third kappa shape index (κ3) is 2.44. The van der Waals surface area contributed by atoms with Gasteiger partial charge < -0.3 is 9.88 Å². The molecule has 2 heterocycles. The summed E-state index contributed by atoms with van der Waals surface area (Å²) in [7, 11) is 0. The summed E-state index contributed by atoms with van der Waals surface area (Å²) in [4.78, 5) is 25.7. The van der Waals surface area contributed by atoms with Gasteiger partial charge in [-0.05, 0) is 37.8 Å². The van der Waals surface area contributed by atoms with Crippen molar-refractivity contribution in [3.05, 3.63) is 53.3 Å². The van der Waals surface area contributed by atoms with Gasteiger partial charge in [-0.1, -0.05) is 18.7 Å². The minimum absolute atomic E-state index is 0. The Morgan fingerprint density at radius 1 is 1.58 bits per heavy atom. The molecule has 1 aliphatic heterocycles. The Bertz CT molecular complexity index is 848. The molecule has 24 heavy (non-hydrogen) atoms. The van der Waals surface area contributed by atoms with E-state index in [2.05, 4.69) is 28.3 Å². The highest BCUT2D eigenvalue weighted by atomic mass is 19.1. The molecule has 0 spiro atoms. The van der Waals surface area contributed by atoms with Crippen molar-refractivity contribution in [2.45, 2.75) is 26.3 Å². The van der Waals surface area contributed by atoms with E-state index in [-0.39, 0.29) is 24.7 Å². The molecule has 1 atom stereocenters. The topological polar surface area (TPSA) is 61.4 Å². The summed E-state index contributed by atoms with van der Waals surface area (Å²) < 4.78 is 13.9. The number of hydrogen-bond acceptors (Lipinski definition) is 3. The number of rotatable bonds is 3. The number of amides is 1. The van der Waals surface area contributed by atoms with Crippen LogP contribution in [0.5, 0.6) is 0 Å². The van der Waals surface area contributed by atoms with Gasteiger partial charge in [-0.2, -0.15) is 0 Å². The van der Waals surface area contributed by atoms with Crippen molar-refractivity contribution in [3.8, 4) is 0 Å². The molecule has 0 unspecified atom stereocenters. The fourth-order valence-electron chi connectivity index (χ4n) is 3.14. The lowest BCUT2D eigenvalue weighted by molar-refractivity contribution is 0.0698. The molecule has 1 aromatic carbocycles. The number of fused-ring (bicyclic) bond motifs is 1. The van der Waals surface area contributed by atoms with Crippen LogP contribution in [-0.2, 0) is 0 Å². The van der Waals surface area contributed by atoms with E-state index in [0.29, 0.717) is 18.5 Å². The van der Waals surface area contributed by atoms with Crippen molar-refractivity contribution < 1.29 is 10.6 Å². The lowest BCUT2D eigenvalue weighted by Gasteiger charge is -2.34. The minimum Gasteiger partial charge on any atom is -0.331 e. The van der Waals surface area contributed by atoms with Crippen molar-refractivity contribution in [1.82, 2.24) is 14.9 Å². The van der Waals surface area contributed by atoms with Crippen LogP contribution in [0.1, 0.15) is 31.0 Å². The zero-order valence-corrected chi connectivity index (χ0v) is 13.8. The predicted octanol–water partition coefficient (Wildman–Crippen LogP) is 3.63. The maximum absolute atomic E-state index is 13.9. The van der Waals surface area contributed by atoms with Crippen molar-refractivity contribution in [2.75, 3.05) is 6.54 Å². The van der Waals surface area contributed by atoms with Crippen LogP contribution in [0.15, 0.2) is 41.1 Å². The maximum Gasteiger partial charge on any atom is 0.290 e. The molecule has 6 heteroatoms. The number of carbonyl (C=O) groups excluding carboxylic acids is 1. The number of carbonyl (C=O) groups is 1. The summed E-state index contributed by atoms with van der Waals surface area (Å²) in [6.07, 6.45) is 2.31. The van der Waals surface area contributed by atoms with Crippen LogP contribution in [0.4, 0.5) is 4.39 Å². The number of aliphatic imine (C=N–C) groups is 1. The van der Waals surface area contributed by atoms with E-state index >= 15 is 0 Å². The van der Waals surface area contributed by atoms with E-state index < -0.39 is 5.82 Å². The van der Waals surface area contributed by atoms with E-state index in [1.54, 1.807) is 17.0 Å². The van der Waals surface area contributed by atoms with E-state index in [0.717, 1.165) is 16.8 Å². The zero-order chi connectivity index (χ0) is 17.4. The molecule has 126 valence electrons. The molecule has 1 N–H and O–H groups in total. The number of hydrogen-bond donors (Lipinski definition) is 1. The highest BCUT2D eigenvalue weighted by molar-refractivity contribution is 5.95. The van der Waals surface area contributed by atoms with Gasteiger partial charge >= 0.3 is 0 Å². The molecule has 2 aromatic rings. The molecule has 0 saturated heterocycles. The Hall–Kier alpha value is -2.76. The van der Waals surface area contributed by atoms with E-state index in [1.165, 1.54) is 6.07 Å². The fraction of sp³-hybridized carbons (Fsp3) is 0.278. The number of nitrogens with one attached hydrogen (secondary N) is 1. The van der Waals surface area contributed by atoms with Gasteiger partial charge in [-0.3, -0.25) is 9.79 Å². The lowest BCUT2D eigenvalue weighted by Crippen LogP contribution is -2.43. The number of H-pyrrole nitrogens is 1. The monoisotopic (exact) mass is 328 g/mol. The standard InChI is InChI=1S/C18H19FN4O.H2/c1-5-12-11(3)23(9-8-14(12)20-4)18(24)17-21-15-10(2)6-7-13(19)16(15)22-17;/h5-7,11H,1,4,8-9H2,2-3H3,(H,21,22);1H/t11-;/m1./s1. The van der Waals surface area contributed by atoms with E-state index in [1.807, 2.05) is 13.8 Å². The van der Waals surface area contributed by atoms with Crippen LogP contribution in [-0.4, -0.2) is 40.1 Å². The van der Waals surface area contributed by atoms with Gasteiger partial charge in [0.2, 0.25) is 0 Å². The normalized spacial score (nSPS) is 18.1. The van der Waals surface area contributed by atoms with E-state index in [9.17, 15) is 9.18 Å². The van der Waals surface area contributed by atoms with Crippen molar-refractivity contribution in [2.24, 2.45) is 4.99 Å². The Morgan fingerprint density at radius 2 is 2.33 bits per heavy atom. The van der Waals surface area contributed by atoms with Gasteiger partial charge in [-0.15, -0.1) is 0 Å². The van der Waals surface area contributed by atoms with Gasteiger partial charge in [0, 0.05) is 20.1 Å². The van der Waals surface area contributed by atoms with Crippen LogP contribution in [0.3, 0.4) is 0 Å². The molecule has 5 nitrogen and oxygen atoms in total. The van der Waals surface area contributed by atoms with Crippen LogP contribution < -0.4 is 0 Å². The number of halogens is 1. The molecule has 1 aliphatic rings. The summed E-state index contributed by atoms with van der Waals surface area (Å²) >= 11 is 0. The minimum atomic E-state index is -0.418. The second kappa shape index (κ2) is 6.03. The Labute approximate surface area is 141 Å². The van der Waals surface area contributed by atoms with E-state index in [4.69, 9.17) is 0 Å². The predicted molar refractivity (Wildman–Crippen MR) is 94.8 cm³/mol. The zero-order valence-electron chi connectivity index (χ0n) is 13.8. The van der Waals surface area contributed by atoms with Crippen LogP contribution in [0.2, 0.25) is 0 Å². The Morgan fingerprint density at radius 3 is 2.96 bits per heavy atom. The molecule has 3 rings (SSSR count). The first-order valence-corrected chi connectivity index (χ1v) is 7.76. The third-order valence-electron chi connectivity index (χ3n) is 4.51. The smallest absolute Gasteiger partial charge is 0.290 e. The number of nitrogens with zero attached hydrogens (tertiary/aromatic N) is 3. The average Bonchev–Trinajstić information content (AvgIpc) is 3.04. The number of aryl methyl sites for hydroxylation is 1. The fourth-order valence-corrected chi connectivity index (χ4v) is 3.14. The molecule has 0 fully saturated rings. The summed E-state index contributed by atoms with van der Waals surface area (Å²) in [6, 6.07) is 2.83. The van der Waals surface area contributed by atoms with Gasteiger partial charge in [0.15, 0.2) is 5.82 Å². The molecule has 0 bridgehead atoms. The van der Waals surface area contributed by atoms with Gasteiger partial charge in [0.05, 0.1) is 11.6 Å². The van der Waals surface area contributed by atoms with Gasteiger partial charge in [-0.25, -0.2) is 9.37 Å². The van der Waals surface area contributed by atoms with Gasteiger partial charge in [0.1, 0.15) is 11.3 Å². The Kier molecular flexibility index (Phi) is 4.05. The molecule has 1 amide bonds. The number of imidazole rings is 1. The quantitative estimate of drug-likeness (QED) is 0.875. The summed E-state index contributed by atoms with van der Waals surface area (Å²) in [6.45, 7) is 11.6. The summed E-state index contributed by atoms with van der Waals surface area (Å²) in [5.41, 5.74) is 3.29. The SMILES string of the molecule is C=CC1=C(N=C)CCN(C(=O)c2nc3c(C)ccc(F)c3[nH]2)[C@@H]1C.[HH]. The average molecular weight is 328 g/mol. The number of aromatic amines is 1.